The van der Waals surface area contributed by atoms with Gasteiger partial charge in [-0.3, -0.25) is 0 Å². The maximum absolute atomic E-state index is 12.4. The summed E-state index contributed by atoms with van der Waals surface area (Å²) in [6.45, 7) is 0. The summed E-state index contributed by atoms with van der Waals surface area (Å²) in [6, 6.07) is 4.44. The zero-order valence-electron chi connectivity index (χ0n) is 6.44. The van der Waals surface area contributed by atoms with E-state index >= 15 is 0 Å². The smallest absolute Gasteiger partial charge is 0.219 e. The van der Waals surface area contributed by atoms with Crippen molar-refractivity contribution in [1.29, 1.82) is 0 Å². The third-order valence-electron chi connectivity index (χ3n) is 1.16. The molecule has 5 nitrogen and oxygen atoms in total. The lowest BCUT2D eigenvalue weighted by Crippen LogP contribution is -2.53. The number of halogens is 1. The van der Waals surface area contributed by atoms with Gasteiger partial charge in [-0.25, -0.2) is 8.57 Å². The number of hydrogen-bond acceptors (Lipinski definition) is 3. The summed E-state index contributed by atoms with van der Waals surface area (Å²) < 4.78 is 41.8. The summed E-state index contributed by atoms with van der Waals surface area (Å²) in [4.78, 5) is 0. The monoisotopic (exact) mass is 208 g/mol. The van der Waals surface area contributed by atoms with Crippen molar-refractivity contribution in [2.75, 3.05) is 0 Å². The minimum absolute atomic E-state index is 0.0370. The van der Waals surface area contributed by atoms with Gasteiger partial charge in [0.1, 0.15) is 10.4 Å². The van der Waals surface area contributed by atoms with E-state index in [-0.39, 0.29) is 5.75 Å². The number of quaternary nitrogens is 1. The molecular weight excluding hydrogens is 201 g/mol. The molecule has 0 saturated carbocycles. The van der Waals surface area contributed by atoms with E-state index in [1.165, 1.54) is 0 Å². The fourth-order valence-electron chi connectivity index (χ4n) is 0.632. The molecule has 71 valence electrons. The zero-order chi connectivity index (χ0) is 9.90. The summed E-state index contributed by atoms with van der Waals surface area (Å²) in [5, 5.41) is 0. The minimum Gasteiger partial charge on any atom is -0.219 e. The lowest BCUT2D eigenvalue weighted by atomic mass is 10.3. The second-order valence-corrected chi connectivity index (χ2v) is 3.28. The fraction of sp³-hybridized carbons (Fsp3) is 0. The van der Waals surface area contributed by atoms with Gasteiger partial charge in [-0.05, 0) is 24.3 Å². The number of hydrogen-bond donors (Lipinski definition) is 1. The molecule has 1 atom stereocenters. The minimum atomic E-state index is -4.12. The largest absolute Gasteiger partial charge is 0.640 e. The van der Waals surface area contributed by atoms with Gasteiger partial charge in [-0.1, -0.05) is 0 Å². The van der Waals surface area contributed by atoms with E-state index in [4.69, 9.17) is 0 Å². The summed E-state index contributed by atoms with van der Waals surface area (Å²) >= 11 is 0. The first kappa shape index (κ1) is 10.1. The Balaban J connectivity index is 2.75. The first-order chi connectivity index (χ1) is 6.03. The fourth-order valence-corrected chi connectivity index (χ4v) is 1.03. The van der Waals surface area contributed by atoms with E-state index in [0.717, 1.165) is 24.3 Å². The molecule has 1 radical (unpaired) electrons. The third kappa shape index (κ3) is 3.07. The van der Waals surface area contributed by atoms with Crippen molar-refractivity contribution >= 4 is 10.8 Å². The van der Waals surface area contributed by atoms with Crippen molar-refractivity contribution in [2.24, 2.45) is 0 Å². The van der Waals surface area contributed by atoms with Gasteiger partial charge < -0.3 is 0 Å². The number of benzene rings is 1. The van der Waals surface area contributed by atoms with Crippen molar-refractivity contribution in [1.82, 2.24) is 0 Å². The van der Waals surface area contributed by atoms with Gasteiger partial charge in [-0.15, -0.1) is 0 Å². The van der Waals surface area contributed by atoms with Crippen LogP contribution >= 0.6 is 0 Å². The molecule has 0 fully saturated rings. The van der Waals surface area contributed by atoms with Crippen LogP contribution in [0.5, 0.6) is 5.75 Å². The van der Waals surface area contributed by atoms with E-state index in [1.54, 1.807) is 0 Å². The standard InChI is InChI=1S/C6H7FNO4S/c7-5-1-3-6(4-2-5)11-13(9,10)12-8/h1-4H,8H3/q+2. The molecule has 1 aromatic carbocycles. The molecule has 0 aliphatic heterocycles. The second kappa shape index (κ2) is 3.79. The molecule has 1 aromatic rings. The SMILES string of the molecule is [NH3+]O[S+]([O])(=O)Oc1ccc(F)cc1. The van der Waals surface area contributed by atoms with Crippen molar-refractivity contribution < 1.29 is 27.5 Å². The van der Waals surface area contributed by atoms with Gasteiger partial charge in [0, 0.05) is 4.21 Å². The van der Waals surface area contributed by atoms with E-state index in [2.05, 4.69) is 14.4 Å². The Morgan fingerprint density at radius 2 is 1.85 bits per heavy atom. The van der Waals surface area contributed by atoms with Gasteiger partial charge >= 0.3 is 10.8 Å². The molecular formula is C6H7FNO4S+2. The van der Waals surface area contributed by atoms with Crippen LogP contribution < -0.4 is 10.1 Å². The maximum Gasteiger partial charge on any atom is 0.640 e. The Morgan fingerprint density at radius 3 is 2.31 bits per heavy atom. The highest BCUT2D eigenvalue weighted by atomic mass is 32.3. The Kier molecular flexibility index (Phi) is 2.94. The van der Waals surface area contributed by atoms with Crippen LogP contribution in [0.1, 0.15) is 0 Å². The average molecular weight is 208 g/mol. The molecule has 3 N–H and O–H groups in total. The van der Waals surface area contributed by atoms with Crippen molar-refractivity contribution in [3.8, 4) is 5.75 Å². The van der Waals surface area contributed by atoms with Crippen molar-refractivity contribution in [3.05, 3.63) is 30.1 Å². The summed E-state index contributed by atoms with van der Waals surface area (Å²) in [5.74, 6) is 2.16. The third-order valence-corrected chi connectivity index (χ3v) is 1.84. The highest BCUT2D eigenvalue weighted by Crippen LogP contribution is 2.15. The van der Waals surface area contributed by atoms with Crippen LogP contribution in [0.4, 0.5) is 4.39 Å². The molecule has 0 aliphatic rings. The van der Waals surface area contributed by atoms with Crippen LogP contribution in [-0.4, -0.2) is 0 Å². The molecule has 1 rings (SSSR count). The summed E-state index contributed by atoms with van der Waals surface area (Å²) in [5.41, 5.74) is 0. The normalized spacial score (nSPS) is 15.0. The van der Waals surface area contributed by atoms with Crippen LogP contribution in [0.25, 0.3) is 0 Å². The van der Waals surface area contributed by atoms with Crippen molar-refractivity contribution in [3.63, 3.8) is 0 Å². The van der Waals surface area contributed by atoms with Crippen LogP contribution in [0.2, 0.25) is 0 Å². The molecule has 0 amide bonds. The van der Waals surface area contributed by atoms with Crippen LogP contribution in [0.3, 0.4) is 0 Å². The Labute approximate surface area is 74.9 Å². The van der Waals surface area contributed by atoms with E-state index in [9.17, 15) is 13.2 Å². The maximum atomic E-state index is 12.4. The number of rotatable bonds is 3. The van der Waals surface area contributed by atoms with Gasteiger partial charge in [0.05, 0.1) is 4.28 Å². The Hall–Kier alpha value is -1.02. The van der Waals surface area contributed by atoms with E-state index in [1.807, 2.05) is 0 Å². The summed E-state index contributed by atoms with van der Waals surface area (Å²) in [6.07, 6.45) is 0. The predicted octanol–water partition coefficient (Wildman–Crippen LogP) is 0.0530. The molecule has 0 spiro atoms. The molecule has 13 heavy (non-hydrogen) atoms. The van der Waals surface area contributed by atoms with Gasteiger partial charge in [0.2, 0.25) is 0 Å². The highest BCUT2D eigenvalue weighted by Gasteiger charge is 2.37. The lowest BCUT2D eigenvalue weighted by Gasteiger charge is -1.95. The van der Waals surface area contributed by atoms with Gasteiger partial charge in [0.15, 0.2) is 5.75 Å². The quantitative estimate of drug-likeness (QED) is 0.562. The lowest BCUT2D eigenvalue weighted by molar-refractivity contribution is -0.639. The molecule has 0 heterocycles. The van der Waals surface area contributed by atoms with Crippen LogP contribution in [-0.2, 0) is 23.8 Å². The molecule has 1 unspecified atom stereocenters. The molecule has 0 bridgehead atoms. The first-order valence-electron chi connectivity index (χ1n) is 3.17. The zero-order valence-corrected chi connectivity index (χ0v) is 7.25. The van der Waals surface area contributed by atoms with Crippen LogP contribution in [0, 0.1) is 5.82 Å². The predicted molar refractivity (Wildman–Crippen MR) is 39.7 cm³/mol. The second-order valence-electron chi connectivity index (χ2n) is 2.06. The molecule has 0 saturated heterocycles. The Morgan fingerprint density at radius 1 is 1.31 bits per heavy atom. The van der Waals surface area contributed by atoms with Gasteiger partial charge in [0.25, 0.3) is 0 Å². The van der Waals surface area contributed by atoms with Crippen LogP contribution in [0.15, 0.2) is 24.3 Å². The molecule has 0 aliphatic carbocycles. The van der Waals surface area contributed by atoms with Gasteiger partial charge in [-0.2, -0.15) is 5.90 Å². The Bertz CT molecular complexity index is 328. The van der Waals surface area contributed by atoms with E-state index < -0.39 is 16.6 Å². The topological polar surface area (TPSA) is 83.1 Å². The summed E-state index contributed by atoms with van der Waals surface area (Å²) in [7, 11) is -4.12. The average Bonchev–Trinajstić information content (AvgIpc) is 2.09. The first-order valence-corrected chi connectivity index (χ1v) is 4.50. The molecule has 7 heteroatoms. The van der Waals surface area contributed by atoms with Crippen molar-refractivity contribution in [2.45, 2.75) is 0 Å². The highest BCUT2D eigenvalue weighted by molar-refractivity contribution is 7.88. The molecule has 0 aromatic heterocycles. The van der Waals surface area contributed by atoms with E-state index in [0.29, 0.717) is 0 Å².